The van der Waals surface area contributed by atoms with Crippen molar-refractivity contribution in [3.05, 3.63) is 29.6 Å². The summed E-state index contributed by atoms with van der Waals surface area (Å²) in [5, 5.41) is 3.28. The van der Waals surface area contributed by atoms with Crippen LogP contribution < -0.4 is 10.2 Å². The van der Waals surface area contributed by atoms with Gasteiger partial charge >= 0.3 is 0 Å². The molecule has 100 valence electrons. The highest BCUT2D eigenvalue weighted by molar-refractivity contribution is 7.99. The van der Waals surface area contributed by atoms with Gasteiger partial charge in [-0.05, 0) is 30.3 Å². The number of hydrogen-bond acceptors (Lipinski definition) is 3. The van der Waals surface area contributed by atoms with Crippen LogP contribution in [-0.4, -0.2) is 31.1 Å². The van der Waals surface area contributed by atoms with Crippen LogP contribution in [0.25, 0.3) is 0 Å². The Bertz CT molecular complexity index is 391. The fourth-order valence-corrected chi connectivity index (χ4v) is 3.64. The van der Waals surface area contributed by atoms with Gasteiger partial charge in [0.15, 0.2) is 0 Å². The summed E-state index contributed by atoms with van der Waals surface area (Å²) in [6.07, 6.45) is 1.15. The van der Waals surface area contributed by atoms with Gasteiger partial charge in [0.1, 0.15) is 5.82 Å². The number of rotatable bonds is 5. The molecule has 18 heavy (non-hydrogen) atoms. The molecule has 2 nitrogen and oxygen atoms in total. The van der Waals surface area contributed by atoms with E-state index in [1.165, 1.54) is 5.75 Å². The predicted octanol–water partition coefficient (Wildman–Crippen LogP) is 2.88. The van der Waals surface area contributed by atoms with Crippen LogP contribution in [0.4, 0.5) is 10.1 Å². The quantitative estimate of drug-likeness (QED) is 0.884. The first-order valence-electron chi connectivity index (χ1n) is 6.52. The second-order valence-corrected chi connectivity index (χ2v) is 5.81. The summed E-state index contributed by atoms with van der Waals surface area (Å²) in [7, 11) is 2.02. The molecule has 1 heterocycles. The van der Waals surface area contributed by atoms with E-state index in [9.17, 15) is 4.39 Å². The molecular formula is C14H21FN2S. The molecule has 0 aliphatic carbocycles. The summed E-state index contributed by atoms with van der Waals surface area (Å²) in [5.74, 6) is 2.18. The van der Waals surface area contributed by atoms with E-state index in [2.05, 4.69) is 17.1 Å². The zero-order valence-corrected chi connectivity index (χ0v) is 11.9. The Morgan fingerprint density at radius 3 is 3.00 bits per heavy atom. The highest BCUT2D eigenvalue weighted by Crippen LogP contribution is 2.30. The Hall–Kier alpha value is -0.740. The number of anilines is 1. The van der Waals surface area contributed by atoms with Crippen molar-refractivity contribution in [2.45, 2.75) is 25.9 Å². The van der Waals surface area contributed by atoms with Gasteiger partial charge in [-0.1, -0.05) is 19.1 Å². The van der Waals surface area contributed by atoms with E-state index in [4.69, 9.17) is 0 Å². The molecule has 1 aromatic rings. The molecule has 1 atom stereocenters. The van der Waals surface area contributed by atoms with Crippen LogP contribution in [0.15, 0.2) is 18.2 Å². The number of nitrogens with zero attached hydrogens (tertiary/aromatic N) is 1. The number of para-hydroxylation sites is 1. The van der Waals surface area contributed by atoms with Crippen molar-refractivity contribution in [3.63, 3.8) is 0 Å². The number of thioether (sulfide) groups is 1. The summed E-state index contributed by atoms with van der Waals surface area (Å²) >= 11 is 1.96. The van der Waals surface area contributed by atoms with Gasteiger partial charge in [-0.2, -0.15) is 11.8 Å². The van der Waals surface area contributed by atoms with E-state index in [0.717, 1.165) is 36.5 Å². The van der Waals surface area contributed by atoms with Crippen LogP contribution in [0, 0.1) is 5.82 Å². The Labute approximate surface area is 113 Å². The Kier molecular flexibility index (Phi) is 4.89. The minimum absolute atomic E-state index is 0.107. The van der Waals surface area contributed by atoms with Gasteiger partial charge in [0, 0.05) is 25.4 Å². The molecule has 0 aromatic heterocycles. The molecule has 0 radical (unpaired) electrons. The molecule has 1 aliphatic heterocycles. The molecule has 1 unspecified atom stereocenters. The largest absolute Gasteiger partial charge is 0.368 e. The molecule has 2 rings (SSSR count). The van der Waals surface area contributed by atoms with Crippen LogP contribution in [-0.2, 0) is 6.54 Å². The molecule has 1 N–H and O–H groups in total. The van der Waals surface area contributed by atoms with Crippen LogP contribution in [0.2, 0.25) is 0 Å². The topological polar surface area (TPSA) is 15.3 Å². The number of nitrogens with one attached hydrogen (secondary N) is 1. The first-order chi connectivity index (χ1) is 8.74. The summed E-state index contributed by atoms with van der Waals surface area (Å²) in [5.41, 5.74) is 1.82. The van der Waals surface area contributed by atoms with Crippen molar-refractivity contribution in [1.29, 1.82) is 0 Å². The summed E-state index contributed by atoms with van der Waals surface area (Å²) < 4.78 is 14.1. The van der Waals surface area contributed by atoms with Crippen LogP contribution in [0.1, 0.15) is 18.9 Å². The van der Waals surface area contributed by atoms with Crippen molar-refractivity contribution in [2.24, 2.45) is 0 Å². The van der Waals surface area contributed by atoms with Gasteiger partial charge in [0.25, 0.3) is 0 Å². The highest BCUT2D eigenvalue weighted by Gasteiger charge is 2.23. The third kappa shape index (κ3) is 2.98. The van der Waals surface area contributed by atoms with Crippen LogP contribution in [0.3, 0.4) is 0 Å². The van der Waals surface area contributed by atoms with E-state index >= 15 is 0 Å². The first-order valence-corrected chi connectivity index (χ1v) is 7.68. The zero-order valence-electron chi connectivity index (χ0n) is 11.1. The van der Waals surface area contributed by atoms with Crippen molar-refractivity contribution < 1.29 is 4.39 Å². The monoisotopic (exact) mass is 268 g/mol. The highest BCUT2D eigenvalue weighted by atomic mass is 32.2. The normalized spacial score (nSPS) is 19.2. The van der Waals surface area contributed by atoms with Gasteiger partial charge < -0.3 is 10.2 Å². The minimum atomic E-state index is -0.107. The molecular weight excluding hydrogens is 247 g/mol. The van der Waals surface area contributed by atoms with E-state index in [1.807, 2.05) is 24.9 Å². The molecule has 1 aliphatic rings. The van der Waals surface area contributed by atoms with Crippen molar-refractivity contribution >= 4 is 17.4 Å². The van der Waals surface area contributed by atoms with Gasteiger partial charge in [-0.15, -0.1) is 0 Å². The maximum Gasteiger partial charge on any atom is 0.146 e. The third-order valence-corrected chi connectivity index (χ3v) is 4.59. The van der Waals surface area contributed by atoms with Crippen molar-refractivity contribution in [2.75, 3.05) is 30.0 Å². The standard InChI is InChI=1S/C14H21FN2S/c1-3-16-9-11-5-4-6-13(15)14(11)17(2)12-7-8-18-10-12/h4-6,12,16H,3,7-10H2,1-2H3. The predicted molar refractivity (Wildman–Crippen MR) is 77.9 cm³/mol. The molecule has 0 spiro atoms. The summed E-state index contributed by atoms with van der Waals surface area (Å²) in [6, 6.07) is 5.83. The fraction of sp³-hybridized carbons (Fsp3) is 0.571. The maximum atomic E-state index is 14.1. The lowest BCUT2D eigenvalue weighted by molar-refractivity contribution is 0.600. The smallest absolute Gasteiger partial charge is 0.146 e. The summed E-state index contributed by atoms with van der Waals surface area (Å²) in [6.45, 7) is 3.70. The van der Waals surface area contributed by atoms with E-state index in [0.29, 0.717) is 6.04 Å². The minimum Gasteiger partial charge on any atom is -0.368 e. The van der Waals surface area contributed by atoms with Gasteiger partial charge in [-0.3, -0.25) is 0 Å². The lowest BCUT2D eigenvalue weighted by Crippen LogP contribution is -2.33. The molecule has 1 fully saturated rings. The molecule has 0 amide bonds. The Balaban J connectivity index is 2.23. The second kappa shape index (κ2) is 6.43. The van der Waals surface area contributed by atoms with E-state index in [1.54, 1.807) is 12.1 Å². The van der Waals surface area contributed by atoms with Crippen LogP contribution >= 0.6 is 11.8 Å². The average Bonchev–Trinajstić information content (AvgIpc) is 2.89. The first kappa shape index (κ1) is 13.7. The Morgan fingerprint density at radius 2 is 2.33 bits per heavy atom. The van der Waals surface area contributed by atoms with Gasteiger partial charge in [0.05, 0.1) is 5.69 Å². The van der Waals surface area contributed by atoms with E-state index in [-0.39, 0.29) is 5.82 Å². The third-order valence-electron chi connectivity index (χ3n) is 3.44. The van der Waals surface area contributed by atoms with Crippen molar-refractivity contribution in [3.8, 4) is 0 Å². The zero-order chi connectivity index (χ0) is 13.0. The second-order valence-electron chi connectivity index (χ2n) is 4.66. The lowest BCUT2D eigenvalue weighted by Gasteiger charge is -2.28. The molecule has 4 heteroatoms. The SMILES string of the molecule is CCNCc1cccc(F)c1N(C)C1CCSC1. The number of hydrogen-bond donors (Lipinski definition) is 1. The summed E-state index contributed by atoms with van der Waals surface area (Å²) in [4.78, 5) is 2.13. The fourth-order valence-electron chi connectivity index (χ4n) is 2.37. The maximum absolute atomic E-state index is 14.1. The van der Waals surface area contributed by atoms with Crippen LogP contribution in [0.5, 0.6) is 0 Å². The molecule has 0 bridgehead atoms. The van der Waals surface area contributed by atoms with Gasteiger partial charge in [-0.25, -0.2) is 4.39 Å². The number of benzene rings is 1. The molecule has 1 saturated heterocycles. The lowest BCUT2D eigenvalue weighted by atomic mass is 10.1. The number of halogens is 1. The Morgan fingerprint density at radius 1 is 1.50 bits per heavy atom. The van der Waals surface area contributed by atoms with Gasteiger partial charge in [0.2, 0.25) is 0 Å². The van der Waals surface area contributed by atoms with Crippen molar-refractivity contribution in [1.82, 2.24) is 5.32 Å². The average molecular weight is 268 g/mol. The molecule has 1 aromatic carbocycles. The van der Waals surface area contributed by atoms with E-state index < -0.39 is 0 Å². The molecule has 0 saturated carbocycles.